The van der Waals surface area contributed by atoms with Crippen LogP contribution in [0.25, 0.3) is 0 Å². The number of aliphatic hydroxyl groups is 1. The van der Waals surface area contributed by atoms with Crippen molar-refractivity contribution < 1.29 is 32.6 Å². The number of nitrogens with one attached hydrogen (secondary N) is 1. The molecular formula is C12H12F3NO4. The van der Waals surface area contributed by atoms with Crippen LogP contribution in [0, 0.1) is 0 Å². The monoisotopic (exact) mass is 291 g/mol. The largest absolute Gasteiger partial charge is 0.471 e. The summed E-state index contributed by atoms with van der Waals surface area (Å²) in [5.41, 5.74) is 0.625. The highest BCUT2D eigenvalue weighted by Gasteiger charge is 2.41. The number of carbonyl (C=O) groups is 2. The summed E-state index contributed by atoms with van der Waals surface area (Å²) in [4.78, 5) is 22.1. The van der Waals surface area contributed by atoms with Crippen molar-refractivity contribution >= 4 is 11.9 Å². The molecule has 0 saturated heterocycles. The van der Waals surface area contributed by atoms with Gasteiger partial charge in [-0.3, -0.25) is 4.79 Å². The summed E-state index contributed by atoms with van der Waals surface area (Å²) in [6.45, 7) is -1.16. The number of aliphatic hydroxyl groups excluding tert-OH is 1. The third kappa shape index (κ3) is 4.88. The first kappa shape index (κ1) is 16.0. The molecule has 0 saturated carbocycles. The van der Waals surface area contributed by atoms with Crippen LogP contribution in [0.5, 0.6) is 0 Å². The number of amides is 1. The van der Waals surface area contributed by atoms with E-state index in [1.54, 1.807) is 30.3 Å². The molecule has 0 bridgehead atoms. The lowest BCUT2D eigenvalue weighted by Crippen LogP contribution is -2.49. The van der Waals surface area contributed by atoms with E-state index in [1.165, 1.54) is 5.32 Å². The molecule has 0 spiro atoms. The Labute approximate surface area is 112 Å². The van der Waals surface area contributed by atoms with Gasteiger partial charge in [-0.1, -0.05) is 30.3 Å². The molecule has 1 amide bonds. The van der Waals surface area contributed by atoms with Gasteiger partial charge in [-0.25, -0.2) is 4.79 Å². The minimum absolute atomic E-state index is 0.169. The van der Waals surface area contributed by atoms with Gasteiger partial charge in [-0.2, -0.15) is 13.2 Å². The van der Waals surface area contributed by atoms with Crippen LogP contribution >= 0.6 is 0 Å². The lowest BCUT2D eigenvalue weighted by molar-refractivity contribution is -0.176. The van der Waals surface area contributed by atoms with Crippen LogP contribution in [0.15, 0.2) is 30.3 Å². The molecular weight excluding hydrogens is 279 g/mol. The van der Waals surface area contributed by atoms with E-state index in [2.05, 4.69) is 0 Å². The number of esters is 1. The Hall–Kier alpha value is -2.09. The van der Waals surface area contributed by atoms with Crippen molar-refractivity contribution in [1.82, 2.24) is 5.32 Å². The number of hydrogen-bond acceptors (Lipinski definition) is 4. The number of benzene rings is 1. The normalized spacial score (nSPS) is 12.6. The lowest BCUT2D eigenvalue weighted by Gasteiger charge is -2.16. The summed E-state index contributed by atoms with van der Waals surface area (Å²) in [6, 6.07) is 6.67. The number of carbonyl (C=O) groups excluding carboxylic acids is 2. The topological polar surface area (TPSA) is 75.6 Å². The maximum atomic E-state index is 12.0. The van der Waals surface area contributed by atoms with E-state index in [4.69, 9.17) is 9.84 Å². The Morgan fingerprint density at radius 1 is 1.25 bits per heavy atom. The molecule has 0 heterocycles. The second kappa shape index (κ2) is 6.90. The fraction of sp³-hybridized carbons (Fsp3) is 0.333. The van der Waals surface area contributed by atoms with Crippen LogP contribution in [-0.4, -0.2) is 35.8 Å². The fourth-order valence-corrected chi connectivity index (χ4v) is 1.25. The smallest absolute Gasteiger partial charge is 0.459 e. The summed E-state index contributed by atoms with van der Waals surface area (Å²) in [5, 5.41) is 10.2. The molecule has 1 aromatic rings. The molecule has 0 fully saturated rings. The number of ether oxygens (including phenoxy) is 1. The van der Waals surface area contributed by atoms with Crippen LogP contribution in [0.2, 0.25) is 0 Å². The zero-order valence-electron chi connectivity index (χ0n) is 10.2. The van der Waals surface area contributed by atoms with Crippen molar-refractivity contribution in [3.63, 3.8) is 0 Å². The molecule has 5 nitrogen and oxygen atoms in total. The van der Waals surface area contributed by atoms with E-state index in [-0.39, 0.29) is 6.61 Å². The van der Waals surface area contributed by atoms with Crippen molar-refractivity contribution in [3.05, 3.63) is 35.9 Å². The summed E-state index contributed by atoms with van der Waals surface area (Å²) >= 11 is 0. The summed E-state index contributed by atoms with van der Waals surface area (Å²) in [7, 11) is 0. The highest BCUT2D eigenvalue weighted by Crippen LogP contribution is 2.14. The predicted octanol–water partition coefficient (Wildman–Crippen LogP) is 0.769. The maximum Gasteiger partial charge on any atom is 0.471 e. The zero-order chi connectivity index (χ0) is 15.2. The van der Waals surface area contributed by atoms with E-state index in [0.29, 0.717) is 5.56 Å². The van der Waals surface area contributed by atoms with Gasteiger partial charge in [-0.05, 0) is 5.56 Å². The van der Waals surface area contributed by atoms with Crippen molar-refractivity contribution in [2.24, 2.45) is 0 Å². The molecule has 0 radical (unpaired) electrons. The Bertz CT molecular complexity index is 462. The molecule has 0 aliphatic heterocycles. The molecule has 0 aromatic heterocycles. The highest BCUT2D eigenvalue weighted by atomic mass is 19.4. The second-order valence-corrected chi connectivity index (χ2v) is 3.80. The first-order valence-electron chi connectivity index (χ1n) is 5.53. The van der Waals surface area contributed by atoms with Gasteiger partial charge >= 0.3 is 18.1 Å². The average molecular weight is 291 g/mol. The molecule has 1 atom stereocenters. The highest BCUT2D eigenvalue weighted by molar-refractivity contribution is 5.87. The molecule has 20 heavy (non-hydrogen) atoms. The first-order valence-corrected chi connectivity index (χ1v) is 5.53. The minimum Gasteiger partial charge on any atom is -0.459 e. The van der Waals surface area contributed by atoms with Crippen LogP contribution in [-0.2, 0) is 20.9 Å². The summed E-state index contributed by atoms with van der Waals surface area (Å²) < 4.78 is 40.8. The van der Waals surface area contributed by atoms with Gasteiger partial charge in [0, 0.05) is 0 Å². The maximum absolute atomic E-state index is 12.0. The third-order valence-electron chi connectivity index (χ3n) is 2.25. The van der Waals surface area contributed by atoms with Gasteiger partial charge in [0.25, 0.3) is 0 Å². The van der Waals surface area contributed by atoms with Gasteiger partial charge in [0.05, 0.1) is 6.61 Å². The minimum atomic E-state index is -5.13. The third-order valence-corrected chi connectivity index (χ3v) is 2.25. The van der Waals surface area contributed by atoms with Gasteiger partial charge in [0.2, 0.25) is 0 Å². The molecule has 0 aliphatic carbocycles. The predicted molar refractivity (Wildman–Crippen MR) is 61.3 cm³/mol. The molecule has 0 unspecified atom stereocenters. The van der Waals surface area contributed by atoms with Crippen molar-refractivity contribution in [1.29, 1.82) is 0 Å². The average Bonchev–Trinajstić information content (AvgIpc) is 2.41. The Morgan fingerprint density at radius 2 is 1.85 bits per heavy atom. The van der Waals surface area contributed by atoms with E-state index in [9.17, 15) is 22.8 Å². The number of hydrogen-bond donors (Lipinski definition) is 2. The Balaban J connectivity index is 2.53. The summed E-state index contributed by atoms with van der Waals surface area (Å²) in [6.07, 6.45) is -5.13. The van der Waals surface area contributed by atoms with Gasteiger partial charge in [-0.15, -0.1) is 0 Å². The summed E-state index contributed by atoms with van der Waals surface area (Å²) in [5.74, 6) is -3.46. The molecule has 110 valence electrons. The lowest BCUT2D eigenvalue weighted by atomic mass is 10.2. The van der Waals surface area contributed by atoms with Crippen LogP contribution < -0.4 is 5.32 Å². The Morgan fingerprint density at radius 3 is 2.35 bits per heavy atom. The van der Waals surface area contributed by atoms with E-state index >= 15 is 0 Å². The molecule has 0 aliphatic rings. The SMILES string of the molecule is O=C(OCc1ccccc1)[C@H](CO)NC(=O)C(F)(F)F. The van der Waals surface area contributed by atoms with Gasteiger partial charge < -0.3 is 15.2 Å². The van der Waals surface area contributed by atoms with Crippen molar-refractivity contribution in [2.45, 2.75) is 18.8 Å². The van der Waals surface area contributed by atoms with Crippen molar-refractivity contribution in [2.75, 3.05) is 6.61 Å². The van der Waals surface area contributed by atoms with Crippen LogP contribution in [0.4, 0.5) is 13.2 Å². The second-order valence-electron chi connectivity index (χ2n) is 3.80. The number of alkyl halides is 3. The fourth-order valence-electron chi connectivity index (χ4n) is 1.25. The molecule has 1 rings (SSSR count). The van der Waals surface area contributed by atoms with Gasteiger partial charge in [0.15, 0.2) is 6.04 Å². The number of halogens is 3. The van der Waals surface area contributed by atoms with E-state index in [1.807, 2.05) is 0 Å². The molecule has 8 heteroatoms. The standard InChI is InChI=1S/C12H12F3NO4/c13-12(14,15)11(19)16-9(6-17)10(18)20-7-8-4-2-1-3-5-8/h1-5,9,17H,6-7H2,(H,16,19)/t9-/m0/s1. The quantitative estimate of drug-likeness (QED) is 0.786. The van der Waals surface area contributed by atoms with Gasteiger partial charge in [0.1, 0.15) is 6.61 Å². The zero-order valence-corrected chi connectivity index (χ0v) is 10.2. The molecule has 2 N–H and O–H groups in total. The Kier molecular flexibility index (Phi) is 5.51. The van der Waals surface area contributed by atoms with Crippen LogP contribution in [0.1, 0.15) is 5.56 Å². The molecule has 1 aromatic carbocycles. The first-order chi connectivity index (χ1) is 9.34. The van der Waals surface area contributed by atoms with Crippen LogP contribution in [0.3, 0.4) is 0 Å². The van der Waals surface area contributed by atoms with E-state index < -0.39 is 30.7 Å². The van der Waals surface area contributed by atoms with Crippen molar-refractivity contribution in [3.8, 4) is 0 Å². The van der Waals surface area contributed by atoms with E-state index in [0.717, 1.165) is 0 Å². The number of rotatable bonds is 5.